The van der Waals surface area contributed by atoms with Crippen LogP contribution in [0, 0.1) is 5.82 Å². The highest BCUT2D eigenvalue weighted by Gasteiger charge is 2.25. The number of guanidine groups is 1. The number of nitrogens with zero attached hydrogens (tertiary/aromatic N) is 3. The van der Waals surface area contributed by atoms with E-state index >= 15 is 0 Å². The standard InChI is InChI=1S/C24H34FN5O.HI/c1-5-26-24(27-15-18-10-11-21(25)19(14-18)16-29(2)3)28-20-12-13-30(17-20)22-8-6-7-9-23(22)31-4;/h6-11,14,20H,5,12-13,15-17H2,1-4H3,(H2,26,27,28);1H. The third-order valence-corrected chi connectivity index (χ3v) is 5.32. The molecule has 0 bridgehead atoms. The molecule has 8 heteroatoms. The largest absolute Gasteiger partial charge is 0.495 e. The third kappa shape index (κ3) is 7.23. The lowest BCUT2D eigenvalue weighted by Gasteiger charge is -2.22. The maximum atomic E-state index is 14.1. The van der Waals surface area contributed by atoms with Crippen LogP contribution in [0.4, 0.5) is 10.1 Å². The van der Waals surface area contributed by atoms with E-state index in [2.05, 4.69) is 28.5 Å². The van der Waals surface area contributed by atoms with E-state index in [1.165, 1.54) is 6.07 Å². The molecule has 1 saturated heterocycles. The number of nitrogens with one attached hydrogen (secondary N) is 2. The Morgan fingerprint density at radius 2 is 2.03 bits per heavy atom. The molecular formula is C24H35FIN5O. The number of rotatable bonds is 8. The topological polar surface area (TPSA) is 52.1 Å². The predicted octanol–water partition coefficient (Wildman–Crippen LogP) is 3.85. The summed E-state index contributed by atoms with van der Waals surface area (Å²) in [5.74, 6) is 1.51. The minimum absolute atomic E-state index is 0. The zero-order chi connectivity index (χ0) is 22.2. The molecule has 0 saturated carbocycles. The van der Waals surface area contributed by atoms with Crippen molar-refractivity contribution < 1.29 is 9.13 Å². The second kappa shape index (κ2) is 12.8. The lowest BCUT2D eigenvalue weighted by atomic mass is 10.1. The molecule has 0 aliphatic carbocycles. The zero-order valence-corrected chi connectivity index (χ0v) is 21.7. The van der Waals surface area contributed by atoms with Gasteiger partial charge in [0.05, 0.1) is 19.3 Å². The van der Waals surface area contributed by atoms with Crippen LogP contribution >= 0.6 is 24.0 Å². The first-order chi connectivity index (χ1) is 15.0. The van der Waals surface area contributed by atoms with Crippen molar-refractivity contribution >= 4 is 35.6 Å². The summed E-state index contributed by atoms with van der Waals surface area (Å²) in [6.07, 6.45) is 1.02. The second-order valence-corrected chi connectivity index (χ2v) is 8.11. The molecule has 2 aromatic rings. The highest BCUT2D eigenvalue weighted by atomic mass is 127. The number of aliphatic imine (C=N–C) groups is 1. The van der Waals surface area contributed by atoms with Gasteiger partial charge in [0.1, 0.15) is 11.6 Å². The first kappa shape index (κ1) is 26.2. The summed E-state index contributed by atoms with van der Waals surface area (Å²) in [5, 5.41) is 6.89. The van der Waals surface area contributed by atoms with Crippen molar-refractivity contribution in [2.24, 2.45) is 4.99 Å². The first-order valence-electron chi connectivity index (χ1n) is 10.8. The number of benzene rings is 2. The quantitative estimate of drug-likeness (QED) is 0.295. The van der Waals surface area contributed by atoms with Crippen LogP contribution in [0.2, 0.25) is 0 Å². The van der Waals surface area contributed by atoms with E-state index < -0.39 is 0 Å². The van der Waals surface area contributed by atoms with Gasteiger partial charge in [-0.15, -0.1) is 24.0 Å². The van der Waals surface area contributed by atoms with Gasteiger partial charge < -0.3 is 25.2 Å². The van der Waals surface area contributed by atoms with Crippen LogP contribution < -0.4 is 20.3 Å². The van der Waals surface area contributed by atoms with E-state index in [0.29, 0.717) is 24.7 Å². The van der Waals surface area contributed by atoms with Gasteiger partial charge in [-0.1, -0.05) is 18.2 Å². The summed E-state index contributed by atoms with van der Waals surface area (Å²) < 4.78 is 19.6. The summed E-state index contributed by atoms with van der Waals surface area (Å²) in [7, 11) is 5.58. The molecule has 2 aromatic carbocycles. The molecule has 1 heterocycles. The number of methoxy groups -OCH3 is 1. The Morgan fingerprint density at radius 3 is 2.75 bits per heavy atom. The number of para-hydroxylation sites is 2. The summed E-state index contributed by atoms with van der Waals surface area (Å²) in [5.41, 5.74) is 2.81. The Morgan fingerprint density at radius 1 is 1.25 bits per heavy atom. The Labute approximate surface area is 208 Å². The molecular weight excluding hydrogens is 520 g/mol. The summed E-state index contributed by atoms with van der Waals surface area (Å²) in [6, 6.07) is 13.7. The molecule has 0 amide bonds. The van der Waals surface area contributed by atoms with E-state index in [1.54, 1.807) is 13.2 Å². The number of halogens is 2. The monoisotopic (exact) mass is 555 g/mol. The molecule has 1 unspecified atom stereocenters. The average molecular weight is 555 g/mol. The van der Waals surface area contributed by atoms with Crippen LogP contribution in [-0.2, 0) is 13.1 Å². The smallest absolute Gasteiger partial charge is 0.191 e. The Balaban J connectivity index is 0.00000363. The lowest BCUT2D eigenvalue weighted by Crippen LogP contribution is -2.44. The molecule has 0 aromatic heterocycles. The van der Waals surface area contributed by atoms with Gasteiger partial charge in [0, 0.05) is 37.8 Å². The van der Waals surface area contributed by atoms with Gasteiger partial charge in [0.25, 0.3) is 0 Å². The number of ether oxygens (including phenoxy) is 1. The molecule has 1 fully saturated rings. The van der Waals surface area contributed by atoms with Gasteiger partial charge in [-0.05, 0) is 57.3 Å². The predicted molar refractivity (Wildman–Crippen MR) is 141 cm³/mol. The maximum absolute atomic E-state index is 14.1. The van der Waals surface area contributed by atoms with E-state index in [1.807, 2.05) is 43.3 Å². The van der Waals surface area contributed by atoms with Crippen molar-refractivity contribution in [2.75, 3.05) is 45.7 Å². The second-order valence-electron chi connectivity index (χ2n) is 8.11. The number of anilines is 1. The van der Waals surface area contributed by atoms with Gasteiger partial charge in [0.15, 0.2) is 5.96 Å². The normalized spacial score (nSPS) is 16.1. The number of hydrogen-bond donors (Lipinski definition) is 2. The fraction of sp³-hybridized carbons (Fsp3) is 0.458. The molecule has 1 aliphatic rings. The van der Waals surface area contributed by atoms with Crippen molar-refractivity contribution in [1.82, 2.24) is 15.5 Å². The van der Waals surface area contributed by atoms with Gasteiger partial charge >= 0.3 is 0 Å². The maximum Gasteiger partial charge on any atom is 0.191 e. The summed E-state index contributed by atoms with van der Waals surface area (Å²) in [6.45, 7) is 5.75. The van der Waals surface area contributed by atoms with Gasteiger partial charge in [-0.2, -0.15) is 0 Å². The highest BCUT2D eigenvalue weighted by Crippen LogP contribution is 2.30. The van der Waals surface area contributed by atoms with Gasteiger partial charge in [-0.25, -0.2) is 9.38 Å². The van der Waals surface area contributed by atoms with E-state index in [4.69, 9.17) is 9.73 Å². The summed E-state index contributed by atoms with van der Waals surface area (Å²) in [4.78, 5) is 9.05. The first-order valence-corrected chi connectivity index (χ1v) is 10.8. The van der Waals surface area contributed by atoms with E-state index in [9.17, 15) is 4.39 Å². The van der Waals surface area contributed by atoms with Crippen LogP contribution in [0.15, 0.2) is 47.5 Å². The molecule has 176 valence electrons. The minimum Gasteiger partial charge on any atom is -0.495 e. The molecule has 2 N–H and O–H groups in total. The van der Waals surface area contributed by atoms with Crippen molar-refractivity contribution in [1.29, 1.82) is 0 Å². The van der Waals surface area contributed by atoms with Crippen molar-refractivity contribution in [3.63, 3.8) is 0 Å². The molecule has 1 aliphatic heterocycles. The Hall–Kier alpha value is -2.07. The van der Waals surface area contributed by atoms with Crippen molar-refractivity contribution in [3.05, 3.63) is 59.4 Å². The molecule has 32 heavy (non-hydrogen) atoms. The lowest BCUT2D eigenvalue weighted by molar-refractivity contribution is 0.392. The van der Waals surface area contributed by atoms with E-state index in [0.717, 1.165) is 49.0 Å². The van der Waals surface area contributed by atoms with Crippen LogP contribution in [0.25, 0.3) is 0 Å². The van der Waals surface area contributed by atoms with Crippen LogP contribution in [0.1, 0.15) is 24.5 Å². The summed E-state index contributed by atoms with van der Waals surface area (Å²) >= 11 is 0. The SMILES string of the molecule is CCNC(=NCc1ccc(F)c(CN(C)C)c1)NC1CCN(c2ccccc2OC)C1.I. The molecule has 1 atom stereocenters. The van der Waals surface area contributed by atoms with E-state index in [-0.39, 0.29) is 29.8 Å². The molecule has 0 radical (unpaired) electrons. The third-order valence-electron chi connectivity index (χ3n) is 5.32. The average Bonchev–Trinajstić information content (AvgIpc) is 3.22. The highest BCUT2D eigenvalue weighted by molar-refractivity contribution is 14.0. The zero-order valence-electron chi connectivity index (χ0n) is 19.4. The molecule has 3 rings (SSSR count). The number of hydrogen-bond acceptors (Lipinski definition) is 4. The Kier molecular flexibility index (Phi) is 10.5. The van der Waals surface area contributed by atoms with Crippen LogP contribution in [0.5, 0.6) is 5.75 Å². The van der Waals surface area contributed by atoms with Crippen LogP contribution in [0.3, 0.4) is 0 Å². The van der Waals surface area contributed by atoms with Crippen LogP contribution in [-0.4, -0.2) is 57.7 Å². The van der Waals surface area contributed by atoms with Gasteiger partial charge in [0.2, 0.25) is 0 Å². The fourth-order valence-electron chi connectivity index (χ4n) is 3.86. The molecule has 6 nitrogen and oxygen atoms in total. The van der Waals surface area contributed by atoms with Crippen molar-refractivity contribution in [2.45, 2.75) is 32.5 Å². The van der Waals surface area contributed by atoms with Crippen molar-refractivity contribution in [3.8, 4) is 5.75 Å². The molecule has 0 spiro atoms. The Bertz CT molecular complexity index is 892. The van der Waals surface area contributed by atoms with Gasteiger partial charge in [-0.3, -0.25) is 0 Å². The minimum atomic E-state index is -0.172. The fourth-order valence-corrected chi connectivity index (χ4v) is 3.86.